The lowest BCUT2D eigenvalue weighted by atomic mass is 9.46. The molecule has 0 aromatic carbocycles. The summed E-state index contributed by atoms with van der Waals surface area (Å²) in [4.78, 5) is 18.2. The largest absolute Gasteiger partial charge is 0.462 e. The predicted molar refractivity (Wildman–Crippen MR) is 205 cm³/mol. The monoisotopic (exact) mass is 681 g/mol. The standard InChI is InChI=1S/C45H76O4/c1-7-8-9-10-11-12-13-14-15-16-17-18-19-20-21-25-42(46)48-37-28-30-44(5)36(32-37)33-41(49-47)43-39-27-26-38(35(4)24-22-23-34(2)3)45(39,6)31-29-40(43)44/h11-12,14-15,33-35,37-41,43,47H,7-10,13,16-32H2,1-6H3/b12-11-,15-14-/t35-,37+,38-,39+,40+,41+,43+,44+,45-/m1/s1. The van der Waals surface area contributed by atoms with Gasteiger partial charge in [0.25, 0.3) is 0 Å². The number of hydrogen-bond acceptors (Lipinski definition) is 4. The Kier molecular flexibility index (Phi) is 16.5. The number of rotatable bonds is 21. The fourth-order valence-corrected chi connectivity index (χ4v) is 11.1. The summed E-state index contributed by atoms with van der Waals surface area (Å²) in [6.07, 6.45) is 36.8. The third-order valence-corrected chi connectivity index (χ3v) is 14.0. The van der Waals surface area contributed by atoms with Gasteiger partial charge in [-0.3, -0.25) is 10.1 Å². The van der Waals surface area contributed by atoms with Crippen molar-refractivity contribution in [1.29, 1.82) is 0 Å². The zero-order valence-electron chi connectivity index (χ0n) is 32.7. The maximum Gasteiger partial charge on any atom is 0.306 e. The zero-order chi connectivity index (χ0) is 35.3. The average molecular weight is 681 g/mol. The molecule has 0 radical (unpaired) electrons. The zero-order valence-corrected chi connectivity index (χ0v) is 32.7. The number of unbranched alkanes of at least 4 members (excludes halogenated alkanes) is 8. The van der Waals surface area contributed by atoms with E-state index in [9.17, 15) is 10.1 Å². The van der Waals surface area contributed by atoms with Crippen molar-refractivity contribution < 1.29 is 19.7 Å². The summed E-state index contributed by atoms with van der Waals surface area (Å²) >= 11 is 0. The predicted octanol–water partition coefficient (Wildman–Crippen LogP) is 13.2. The maximum atomic E-state index is 12.9. The molecule has 4 rings (SSSR count). The van der Waals surface area contributed by atoms with Gasteiger partial charge < -0.3 is 4.74 Å². The van der Waals surface area contributed by atoms with Gasteiger partial charge in [0, 0.05) is 12.8 Å². The first-order chi connectivity index (χ1) is 23.6. The van der Waals surface area contributed by atoms with Crippen LogP contribution in [0.15, 0.2) is 36.0 Å². The van der Waals surface area contributed by atoms with Gasteiger partial charge in [-0.05, 0) is 123 Å². The van der Waals surface area contributed by atoms with Gasteiger partial charge in [-0.25, -0.2) is 4.89 Å². The molecule has 4 aliphatic carbocycles. The lowest BCUT2D eigenvalue weighted by Crippen LogP contribution is -2.55. The Morgan fingerprint density at radius 3 is 2.29 bits per heavy atom. The SMILES string of the molecule is CCCCC/C=C\C/C=C\CCCCCCCC(=O)O[C@H]1CC[C@@]2(C)C(=C[C@H](OO)[C@H]3[C@@H]4CC[C@H]([C@H](C)CCCC(C)C)[C@@]4(C)CC[C@@H]32)C1. The van der Waals surface area contributed by atoms with E-state index >= 15 is 0 Å². The van der Waals surface area contributed by atoms with E-state index in [1.165, 1.54) is 95.5 Å². The second kappa shape index (κ2) is 20.0. The summed E-state index contributed by atoms with van der Waals surface area (Å²) < 4.78 is 6.08. The van der Waals surface area contributed by atoms with Gasteiger partial charge in [0.2, 0.25) is 0 Å². The highest BCUT2D eigenvalue weighted by molar-refractivity contribution is 5.69. The highest BCUT2D eigenvalue weighted by atomic mass is 17.1. The van der Waals surface area contributed by atoms with Crippen LogP contribution in [0.1, 0.15) is 183 Å². The Labute approximate surface area is 302 Å². The van der Waals surface area contributed by atoms with Crippen molar-refractivity contribution in [3.8, 4) is 0 Å². The summed E-state index contributed by atoms with van der Waals surface area (Å²) in [6.45, 7) is 14.5. The molecule has 3 fully saturated rings. The minimum Gasteiger partial charge on any atom is -0.462 e. The van der Waals surface area contributed by atoms with Crippen LogP contribution < -0.4 is 0 Å². The van der Waals surface area contributed by atoms with Crippen molar-refractivity contribution >= 4 is 5.97 Å². The Morgan fingerprint density at radius 1 is 0.857 bits per heavy atom. The first kappa shape index (κ1) is 40.4. The molecule has 4 aliphatic rings. The third kappa shape index (κ3) is 10.8. The normalized spacial score (nSPS) is 33.4. The van der Waals surface area contributed by atoms with E-state index in [4.69, 9.17) is 9.62 Å². The molecule has 9 atom stereocenters. The molecule has 0 heterocycles. The van der Waals surface area contributed by atoms with Crippen LogP contribution in [-0.4, -0.2) is 23.4 Å². The molecular formula is C45H76O4. The molecule has 4 nitrogen and oxygen atoms in total. The van der Waals surface area contributed by atoms with Crippen LogP contribution in [0.25, 0.3) is 0 Å². The molecule has 49 heavy (non-hydrogen) atoms. The van der Waals surface area contributed by atoms with Crippen LogP contribution in [0.2, 0.25) is 0 Å². The van der Waals surface area contributed by atoms with E-state index < -0.39 is 0 Å². The number of ether oxygens (including phenoxy) is 1. The molecule has 4 heteroatoms. The fraction of sp³-hybridized carbons (Fsp3) is 0.844. The number of carbonyl (C=O) groups is 1. The van der Waals surface area contributed by atoms with Crippen molar-refractivity contribution in [3.63, 3.8) is 0 Å². The summed E-state index contributed by atoms with van der Waals surface area (Å²) in [6, 6.07) is 0. The number of esters is 1. The highest BCUT2D eigenvalue weighted by Crippen LogP contribution is 2.67. The fourth-order valence-electron chi connectivity index (χ4n) is 11.1. The van der Waals surface area contributed by atoms with Crippen LogP contribution in [0.4, 0.5) is 0 Å². The second-order valence-corrected chi connectivity index (χ2v) is 17.8. The van der Waals surface area contributed by atoms with Gasteiger partial charge in [0.15, 0.2) is 0 Å². The maximum absolute atomic E-state index is 12.9. The van der Waals surface area contributed by atoms with E-state index in [0.717, 1.165) is 62.7 Å². The van der Waals surface area contributed by atoms with Gasteiger partial charge in [0.05, 0.1) is 0 Å². The third-order valence-electron chi connectivity index (χ3n) is 14.0. The lowest BCUT2D eigenvalue weighted by molar-refractivity contribution is -0.296. The van der Waals surface area contributed by atoms with Crippen LogP contribution >= 0.6 is 0 Å². The minimum absolute atomic E-state index is 0.0310. The van der Waals surface area contributed by atoms with E-state index in [1.54, 1.807) is 0 Å². The number of allylic oxidation sites excluding steroid dienone is 4. The quantitative estimate of drug-likeness (QED) is 0.0431. The van der Waals surface area contributed by atoms with Gasteiger partial charge in [-0.2, -0.15) is 0 Å². The van der Waals surface area contributed by atoms with Crippen molar-refractivity contribution in [2.45, 2.75) is 195 Å². The summed E-state index contributed by atoms with van der Waals surface area (Å²) in [7, 11) is 0. The molecule has 0 saturated heterocycles. The highest BCUT2D eigenvalue weighted by Gasteiger charge is 2.61. The Balaban J connectivity index is 1.19. The first-order valence-electron chi connectivity index (χ1n) is 21.1. The topological polar surface area (TPSA) is 55.8 Å². The van der Waals surface area contributed by atoms with E-state index in [2.05, 4.69) is 71.9 Å². The van der Waals surface area contributed by atoms with Crippen LogP contribution in [-0.2, 0) is 14.4 Å². The second-order valence-electron chi connectivity index (χ2n) is 17.8. The Hall–Kier alpha value is -1.39. The van der Waals surface area contributed by atoms with E-state index in [-0.39, 0.29) is 23.6 Å². The Bertz CT molecular complexity index is 1070. The number of carbonyl (C=O) groups excluding carboxylic acids is 1. The van der Waals surface area contributed by atoms with Crippen LogP contribution in [0, 0.1) is 46.3 Å². The van der Waals surface area contributed by atoms with Crippen LogP contribution in [0.5, 0.6) is 0 Å². The molecule has 0 aromatic heterocycles. The van der Waals surface area contributed by atoms with Gasteiger partial charge in [-0.15, -0.1) is 0 Å². The molecule has 0 amide bonds. The Morgan fingerprint density at radius 2 is 1.57 bits per heavy atom. The molecule has 0 aromatic rings. The summed E-state index contributed by atoms with van der Waals surface area (Å²) in [5, 5.41) is 10.3. The number of fused-ring (bicyclic) bond motifs is 5. The molecule has 0 spiro atoms. The molecular weight excluding hydrogens is 604 g/mol. The minimum atomic E-state index is -0.241. The molecule has 0 unspecified atom stereocenters. The molecule has 280 valence electrons. The summed E-state index contributed by atoms with van der Waals surface area (Å²) in [5.41, 5.74) is 1.82. The van der Waals surface area contributed by atoms with Crippen LogP contribution in [0.3, 0.4) is 0 Å². The number of hydrogen-bond donors (Lipinski definition) is 1. The first-order valence-corrected chi connectivity index (χ1v) is 21.1. The summed E-state index contributed by atoms with van der Waals surface area (Å²) in [5.74, 6) is 3.81. The van der Waals surface area contributed by atoms with Crippen molar-refractivity contribution in [2.75, 3.05) is 0 Å². The van der Waals surface area contributed by atoms with E-state index in [0.29, 0.717) is 29.6 Å². The van der Waals surface area contributed by atoms with Crippen molar-refractivity contribution in [2.24, 2.45) is 46.3 Å². The van der Waals surface area contributed by atoms with E-state index in [1.807, 2.05) is 0 Å². The van der Waals surface area contributed by atoms with Gasteiger partial charge >= 0.3 is 5.97 Å². The average Bonchev–Trinajstić information content (AvgIpc) is 3.43. The lowest BCUT2D eigenvalue weighted by Gasteiger charge is -2.59. The smallest absolute Gasteiger partial charge is 0.306 e. The van der Waals surface area contributed by atoms with Crippen molar-refractivity contribution in [1.82, 2.24) is 0 Å². The van der Waals surface area contributed by atoms with Gasteiger partial charge in [0.1, 0.15) is 12.2 Å². The molecule has 0 aliphatic heterocycles. The molecule has 1 N–H and O–H groups in total. The molecule has 0 bridgehead atoms. The van der Waals surface area contributed by atoms with Gasteiger partial charge in [-0.1, -0.05) is 129 Å². The van der Waals surface area contributed by atoms with Crippen molar-refractivity contribution in [3.05, 3.63) is 36.0 Å². The molecule has 3 saturated carbocycles.